The zero-order valence-electron chi connectivity index (χ0n) is 9.64. The molecule has 1 N–H and O–H groups in total. The van der Waals surface area contributed by atoms with E-state index in [1.165, 1.54) is 6.07 Å². The standard InChI is InChI=1S/C13H15BrFN/c1-5-13(3,4)16-9(2)11-7-6-10(14)8-12(11)15/h1,6-9,16H,2-4H3. The predicted molar refractivity (Wildman–Crippen MR) is 68.6 cm³/mol. The first-order valence-corrected chi connectivity index (χ1v) is 5.85. The Balaban J connectivity index is 2.90. The summed E-state index contributed by atoms with van der Waals surface area (Å²) >= 11 is 3.23. The van der Waals surface area contributed by atoms with Gasteiger partial charge in [-0.15, -0.1) is 6.42 Å². The number of benzene rings is 1. The molecule has 0 spiro atoms. The zero-order chi connectivity index (χ0) is 12.3. The van der Waals surface area contributed by atoms with E-state index < -0.39 is 5.54 Å². The fourth-order valence-corrected chi connectivity index (χ4v) is 1.85. The highest BCUT2D eigenvalue weighted by Gasteiger charge is 2.19. The second kappa shape index (κ2) is 4.99. The van der Waals surface area contributed by atoms with Crippen LogP contribution in [0.25, 0.3) is 0 Å². The molecule has 1 unspecified atom stereocenters. The first-order valence-electron chi connectivity index (χ1n) is 5.06. The normalized spacial score (nSPS) is 13.2. The summed E-state index contributed by atoms with van der Waals surface area (Å²) in [7, 11) is 0. The van der Waals surface area contributed by atoms with Gasteiger partial charge in [-0.3, -0.25) is 5.32 Å². The third-order valence-electron chi connectivity index (χ3n) is 2.37. The average molecular weight is 284 g/mol. The third-order valence-corrected chi connectivity index (χ3v) is 2.86. The summed E-state index contributed by atoms with van der Waals surface area (Å²) in [5.41, 5.74) is 0.172. The molecule has 0 bridgehead atoms. The van der Waals surface area contributed by atoms with Crippen LogP contribution in [0.4, 0.5) is 4.39 Å². The molecule has 0 saturated heterocycles. The molecule has 1 aromatic rings. The molecule has 0 radical (unpaired) electrons. The number of nitrogens with one attached hydrogen (secondary N) is 1. The molecular weight excluding hydrogens is 269 g/mol. The van der Waals surface area contributed by atoms with Gasteiger partial charge in [-0.25, -0.2) is 4.39 Å². The summed E-state index contributed by atoms with van der Waals surface area (Å²) in [6, 6.07) is 4.90. The van der Waals surface area contributed by atoms with Crippen molar-refractivity contribution < 1.29 is 4.39 Å². The van der Waals surface area contributed by atoms with Crippen molar-refractivity contribution in [3.05, 3.63) is 34.1 Å². The van der Waals surface area contributed by atoms with Gasteiger partial charge in [-0.1, -0.05) is 27.9 Å². The highest BCUT2D eigenvalue weighted by molar-refractivity contribution is 9.10. The Kier molecular flexibility index (Phi) is 4.12. The van der Waals surface area contributed by atoms with Gasteiger partial charge in [0.1, 0.15) is 5.82 Å². The minimum absolute atomic E-state index is 0.126. The van der Waals surface area contributed by atoms with Crippen LogP contribution >= 0.6 is 15.9 Å². The van der Waals surface area contributed by atoms with Gasteiger partial charge in [0.25, 0.3) is 0 Å². The number of terminal acetylenes is 1. The van der Waals surface area contributed by atoms with Crippen LogP contribution in [0.1, 0.15) is 32.4 Å². The van der Waals surface area contributed by atoms with Crippen LogP contribution in [0.15, 0.2) is 22.7 Å². The molecule has 1 atom stereocenters. The monoisotopic (exact) mass is 283 g/mol. The second-order valence-corrected chi connectivity index (χ2v) is 5.22. The smallest absolute Gasteiger partial charge is 0.129 e. The van der Waals surface area contributed by atoms with Crippen molar-refractivity contribution in [2.24, 2.45) is 0 Å². The number of rotatable bonds is 3. The van der Waals surface area contributed by atoms with Gasteiger partial charge in [0.2, 0.25) is 0 Å². The summed E-state index contributed by atoms with van der Waals surface area (Å²) < 4.78 is 14.4. The van der Waals surface area contributed by atoms with Crippen LogP contribution in [0.5, 0.6) is 0 Å². The largest absolute Gasteiger partial charge is 0.295 e. The summed E-state index contributed by atoms with van der Waals surface area (Å²) in [6.07, 6.45) is 5.38. The Morgan fingerprint density at radius 2 is 2.12 bits per heavy atom. The summed E-state index contributed by atoms with van der Waals surface area (Å²) in [5.74, 6) is 2.40. The van der Waals surface area contributed by atoms with Crippen molar-refractivity contribution >= 4 is 15.9 Å². The van der Waals surface area contributed by atoms with Crippen molar-refractivity contribution in [2.75, 3.05) is 0 Å². The molecule has 0 aliphatic carbocycles. The predicted octanol–water partition coefficient (Wildman–Crippen LogP) is 3.65. The minimum atomic E-state index is -0.446. The first-order chi connectivity index (χ1) is 7.35. The van der Waals surface area contributed by atoms with E-state index in [0.717, 1.165) is 4.47 Å². The van der Waals surface area contributed by atoms with Crippen molar-refractivity contribution in [1.29, 1.82) is 0 Å². The SMILES string of the molecule is C#CC(C)(C)NC(C)c1ccc(Br)cc1F. The van der Waals surface area contributed by atoms with Gasteiger partial charge in [-0.2, -0.15) is 0 Å². The molecule has 0 heterocycles. The van der Waals surface area contributed by atoms with E-state index in [0.29, 0.717) is 5.56 Å². The van der Waals surface area contributed by atoms with Crippen molar-refractivity contribution in [3.8, 4) is 12.3 Å². The Bertz CT molecular complexity index is 420. The van der Waals surface area contributed by atoms with E-state index in [-0.39, 0.29) is 11.9 Å². The summed E-state index contributed by atoms with van der Waals surface area (Å²) in [6.45, 7) is 5.67. The lowest BCUT2D eigenvalue weighted by Gasteiger charge is -2.25. The van der Waals surface area contributed by atoms with E-state index in [2.05, 4.69) is 27.2 Å². The number of hydrogen-bond donors (Lipinski definition) is 1. The summed E-state index contributed by atoms with van der Waals surface area (Å²) in [4.78, 5) is 0. The van der Waals surface area contributed by atoms with Crippen LogP contribution < -0.4 is 5.32 Å². The van der Waals surface area contributed by atoms with E-state index in [9.17, 15) is 4.39 Å². The van der Waals surface area contributed by atoms with Gasteiger partial charge in [0.15, 0.2) is 0 Å². The fraction of sp³-hybridized carbons (Fsp3) is 0.385. The molecular formula is C13H15BrFN. The van der Waals surface area contributed by atoms with Gasteiger partial charge < -0.3 is 0 Å². The van der Waals surface area contributed by atoms with Crippen LogP contribution in [0, 0.1) is 18.2 Å². The maximum Gasteiger partial charge on any atom is 0.129 e. The van der Waals surface area contributed by atoms with Crippen LogP contribution in [0.2, 0.25) is 0 Å². The zero-order valence-corrected chi connectivity index (χ0v) is 11.2. The lowest BCUT2D eigenvalue weighted by molar-refractivity contribution is 0.420. The Labute approximate surface area is 105 Å². The molecule has 0 amide bonds. The Hall–Kier alpha value is -0.850. The number of halogens is 2. The van der Waals surface area contributed by atoms with Gasteiger partial charge in [-0.05, 0) is 32.9 Å². The molecule has 1 rings (SSSR count). The molecule has 0 aliphatic rings. The fourth-order valence-electron chi connectivity index (χ4n) is 1.51. The molecule has 16 heavy (non-hydrogen) atoms. The average Bonchev–Trinajstić information content (AvgIpc) is 2.16. The van der Waals surface area contributed by atoms with E-state index >= 15 is 0 Å². The molecule has 0 saturated carbocycles. The lowest BCUT2D eigenvalue weighted by Crippen LogP contribution is -2.39. The van der Waals surface area contributed by atoms with Crippen molar-refractivity contribution in [3.63, 3.8) is 0 Å². The minimum Gasteiger partial charge on any atom is -0.295 e. The van der Waals surface area contributed by atoms with E-state index in [4.69, 9.17) is 6.42 Å². The van der Waals surface area contributed by atoms with Crippen LogP contribution in [0.3, 0.4) is 0 Å². The van der Waals surface area contributed by atoms with Crippen LogP contribution in [-0.4, -0.2) is 5.54 Å². The van der Waals surface area contributed by atoms with Gasteiger partial charge >= 0.3 is 0 Å². The number of hydrogen-bond acceptors (Lipinski definition) is 1. The highest BCUT2D eigenvalue weighted by Crippen LogP contribution is 2.22. The molecule has 0 fully saturated rings. The van der Waals surface area contributed by atoms with Crippen molar-refractivity contribution in [1.82, 2.24) is 5.32 Å². The highest BCUT2D eigenvalue weighted by atomic mass is 79.9. The molecule has 1 nitrogen and oxygen atoms in total. The molecule has 0 aliphatic heterocycles. The van der Waals surface area contributed by atoms with Gasteiger partial charge in [0.05, 0.1) is 5.54 Å². The Morgan fingerprint density at radius 1 is 1.50 bits per heavy atom. The first kappa shape index (κ1) is 13.2. The lowest BCUT2D eigenvalue weighted by atomic mass is 10.0. The quantitative estimate of drug-likeness (QED) is 0.835. The van der Waals surface area contributed by atoms with Crippen molar-refractivity contribution in [2.45, 2.75) is 32.4 Å². The Morgan fingerprint density at radius 3 is 2.62 bits per heavy atom. The summed E-state index contributed by atoms with van der Waals surface area (Å²) in [5, 5.41) is 3.19. The molecule has 0 aromatic heterocycles. The van der Waals surface area contributed by atoms with E-state index in [1.807, 2.05) is 26.8 Å². The molecule has 86 valence electrons. The second-order valence-electron chi connectivity index (χ2n) is 4.30. The third kappa shape index (κ3) is 3.33. The maximum atomic E-state index is 13.7. The van der Waals surface area contributed by atoms with Crippen LogP contribution in [-0.2, 0) is 0 Å². The molecule has 1 aromatic carbocycles. The van der Waals surface area contributed by atoms with E-state index in [1.54, 1.807) is 6.07 Å². The van der Waals surface area contributed by atoms with Gasteiger partial charge in [0, 0.05) is 16.1 Å². The maximum absolute atomic E-state index is 13.7. The molecule has 3 heteroatoms. The topological polar surface area (TPSA) is 12.0 Å².